The fourth-order valence-corrected chi connectivity index (χ4v) is 4.17. The number of hydrogen-bond donors (Lipinski definition) is 3. The molecule has 30 heavy (non-hydrogen) atoms. The van der Waals surface area contributed by atoms with E-state index in [0.29, 0.717) is 25.4 Å². The molecule has 1 saturated carbocycles. The van der Waals surface area contributed by atoms with Crippen LogP contribution in [-0.2, 0) is 11.3 Å². The third kappa shape index (κ3) is 6.47. The van der Waals surface area contributed by atoms with Crippen LogP contribution in [0.4, 0.5) is 0 Å². The number of nitrogens with one attached hydrogen (secondary N) is 3. The number of nitrogens with zero attached hydrogens (tertiary/aromatic N) is 3. The highest BCUT2D eigenvalue weighted by molar-refractivity contribution is 5.80. The number of hydrogen-bond acceptors (Lipinski definition) is 3. The molecule has 1 aliphatic rings. The molecule has 0 spiro atoms. The van der Waals surface area contributed by atoms with Gasteiger partial charge in [-0.05, 0) is 51.2 Å². The molecule has 0 atom stereocenters. The summed E-state index contributed by atoms with van der Waals surface area (Å²) in [4.78, 5) is 21.3. The third-order valence-electron chi connectivity index (χ3n) is 5.69. The molecule has 1 aliphatic carbocycles. The van der Waals surface area contributed by atoms with E-state index in [2.05, 4.69) is 62.5 Å². The molecule has 1 aromatic carbocycles. The molecule has 0 aliphatic heterocycles. The van der Waals surface area contributed by atoms with Gasteiger partial charge >= 0.3 is 0 Å². The fraction of sp³-hybridized carbons (Fsp3) is 0.609. The summed E-state index contributed by atoms with van der Waals surface area (Å²) in [6, 6.07) is 8.24. The van der Waals surface area contributed by atoms with Crippen LogP contribution in [0.1, 0.15) is 51.3 Å². The lowest BCUT2D eigenvalue weighted by atomic mass is 10.0. The molecule has 2 aromatic rings. The fourth-order valence-electron chi connectivity index (χ4n) is 4.17. The molecule has 0 unspecified atom stereocenters. The normalized spacial score (nSPS) is 14.9. The molecule has 7 heteroatoms. The van der Waals surface area contributed by atoms with Gasteiger partial charge in [0.15, 0.2) is 5.96 Å². The summed E-state index contributed by atoms with van der Waals surface area (Å²) >= 11 is 0. The molecule has 1 aromatic heterocycles. The summed E-state index contributed by atoms with van der Waals surface area (Å²) in [6.07, 6.45) is 6.58. The van der Waals surface area contributed by atoms with E-state index in [1.54, 1.807) is 0 Å². The molecule has 0 radical (unpaired) electrons. The van der Waals surface area contributed by atoms with Crippen LogP contribution < -0.4 is 16.0 Å². The van der Waals surface area contributed by atoms with Gasteiger partial charge in [0.25, 0.3) is 0 Å². The van der Waals surface area contributed by atoms with Gasteiger partial charge in [-0.3, -0.25) is 9.79 Å². The average Bonchev–Trinajstić information content (AvgIpc) is 3.35. The largest absolute Gasteiger partial charge is 0.357 e. The van der Waals surface area contributed by atoms with Crippen molar-refractivity contribution in [3.8, 4) is 0 Å². The molecule has 3 rings (SSSR count). The summed E-state index contributed by atoms with van der Waals surface area (Å²) in [5, 5.41) is 9.60. The zero-order chi connectivity index (χ0) is 21.2. The lowest BCUT2D eigenvalue weighted by Crippen LogP contribution is -2.41. The number of fused-ring (bicyclic) bond motifs is 1. The summed E-state index contributed by atoms with van der Waals surface area (Å²) in [5.74, 6) is 2.61. The Morgan fingerprint density at radius 2 is 1.93 bits per heavy atom. The Kier molecular flexibility index (Phi) is 8.53. The van der Waals surface area contributed by atoms with Crippen molar-refractivity contribution in [1.82, 2.24) is 25.5 Å². The van der Waals surface area contributed by atoms with Crippen molar-refractivity contribution in [2.45, 2.75) is 58.9 Å². The number of aromatic nitrogens is 2. The van der Waals surface area contributed by atoms with Crippen LogP contribution in [0.5, 0.6) is 0 Å². The Morgan fingerprint density at radius 3 is 2.73 bits per heavy atom. The van der Waals surface area contributed by atoms with Crippen LogP contribution in [0.2, 0.25) is 0 Å². The molecule has 7 nitrogen and oxygen atoms in total. The maximum absolute atomic E-state index is 12.0. The summed E-state index contributed by atoms with van der Waals surface area (Å²) < 4.78 is 2.26. The topological polar surface area (TPSA) is 83.3 Å². The number of imidazole rings is 1. The van der Waals surface area contributed by atoms with Crippen molar-refractivity contribution in [2.24, 2.45) is 10.9 Å². The average molecular weight is 413 g/mol. The van der Waals surface area contributed by atoms with Crippen LogP contribution in [-0.4, -0.2) is 47.6 Å². The van der Waals surface area contributed by atoms with Gasteiger partial charge in [0.2, 0.25) is 5.91 Å². The Morgan fingerprint density at radius 1 is 1.17 bits per heavy atom. The molecule has 164 valence electrons. The first-order valence-corrected chi connectivity index (χ1v) is 11.4. The predicted molar refractivity (Wildman–Crippen MR) is 123 cm³/mol. The van der Waals surface area contributed by atoms with E-state index in [-0.39, 0.29) is 5.91 Å². The number of amides is 1. The highest BCUT2D eigenvalue weighted by atomic mass is 16.1. The van der Waals surface area contributed by atoms with E-state index in [4.69, 9.17) is 0 Å². The minimum Gasteiger partial charge on any atom is -0.357 e. The maximum atomic E-state index is 12.0. The van der Waals surface area contributed by atoms with E-state index in [1.165, 1.54) is 31.2 Å². The number of carbonyl (C=O) groups is 1. The number of rotatable bonds is 10. The van der Waals surface area contributed by atoms with Crippen LogP contribution in [0.15, 0.2) is 29.3 Å². The van der Waals surface area contributed by atoms with Crippen LogP contribution in [0.25, 0.3) is 11.0 Å². The minimum atomic E-state index is 0.175. The van der Waals surface area contributed by atoms with Crippen molar-refractivity contribution < 1.29 is 4.79 Å². The molecule has 1 heterocycles. The third-order valence-corrected chi connectivity index (χ3v) is 5.69. The van der Waals surface area contributed by atoms with Crippen molar-refractivity contribution in [3.05, 3.63) is 30.1 Å². The first-order valence-electron chi connectivity index (χ1n) is 11.4. The first-order chi connectivity index (χ1) is 14.7. The molecule has 3 N–H and O–H groups in total. The van der Waals surface area contributed by atoms with E-state index in [0.717, 1.165) is 43.4 Å². The Bertz CT molecular complexity index is 837. The molecule has 1 fully saturated rings. The molecule has 0 bridgehead atoms. The Hall–Kier alpha value is -2.57. The van der Waals surface area contributed by atoms with Gasteiger partial charge in [-0.2, -0.15) is 0 Å². The van der Waals surface area contributed by atoms with Crippen LogP contribution >= 0.6 is 0 Å². The van der Waals surface area contributed by atoms with Gasteiger partial charge in [-0.25, -0.2) is 4.98 Å². The summed E-state index contributed by atoms with van der Waals surface area (Å²) in [5.41, 5.74) is 2.22. The quantitative estimate of drug-likeness (QED) is 0.318. The maximum Gasteiger partial charge on any atom is 0.220 e. The molecular weight excluding hydrogens is 376 g/mol. The number of para-hydroxylation sites is 2. The van der Waals surface area contributed by atoms with Gasteiger partial charge in [0, 0.05) is 39.1 Å². The Balaban J connectivity index is 1.38. The molecular formula is C23H36N6O. The number of benzene rings is 1. The number of carbonyl (C=O) groups excluding carboxylic acids is 1. The van der Waals surface area contributed by atoms with E-state index in [9.17, 15) is 4.79 Å². The van der Waals surface area contributed by atoms with E-state index in [1.807, 2.05) is 6.07 Å². The SMILES string of the molecule is CCNC(=NCCCn1c(C)nc2ccccc21)NCCNC(=O)CC1CCCC1. The standard InChI is InChI=1S/C23H36N6O/c1-3-24-23(27-15-14-25-22(30)17-19-9-4-5-10-19)26-13-8-16-29-18(2)28-20-11-6-7-12-21(20)29/h6-7,11-12,19H,3-5,8-10,13-17H2,1-2H3,(H,25,30)(H2,24,26,27). The van der Waals surface area contributed by atoms with Crippen LogP contribution in [0, 0.1) is 12.8 Å². The Labute approximate surface area is 179 Å². The van der Waals surface area contributed by atoms with Crippen molar-refractivity contribution in [2.75, 3.05) is 26.2 Å². The first kappa shape index (κ1) is 22.1. The predicted octanol–water partition coefficient (Wildman–Crippen LogP) is 2.99. The van der Waals surface area contributed by atoms with Gasteiger partial charge in [0.05, 0.1) is 11.0 Å². The van der Waals surface area contributed by atoms with Crippen molar-refractivity contribution >= 4 is 22.9 Å². The monoisotopic (exact) mass is 412 g/mol. The number of guanidine groups is 1. The molecule has 1 amide bonds. The summed E-state index contributed by atoms with van der Waals surface area (Å²) in [6.45, 7) is 7.84. The van der Waals surface area contributed by atoms with E-state index >= 15 is 0 Å². The second-order valence-electron chi connectivity index (χ2n) is 8.04. The zero-order valence-electron chi connectivity index (χ0n) is 18.4. The zero-order valence-corrected chi connectivity index (χ0v) is 18.4. The summed E-state index contributed by atoms with van der Waals surface area (Å²) in [7, 11) is 0. The van der Waals surface area contributed by atoms with Crippen LogP contribution in [0.3, 0.4) is 0 Å². The van der Waals surface area contributed by atoms with Crippen molar-refractivity contribution in [3.63, 3.8) is 0 Å². The van der Waals surface area contributed by atoms with Gasteiger partial charge in [0.1, 0.15) is 5.82 Å². The minimum absolute atomic E-state index is 0.175. The highest BCUT2D eigenvalue weighted by Gasteiger charge is 2.17. The van der Waals surface area contributed by atoms with Gasteiger partial charge in [-0.15, -0.1) is 0 Å². The molecule has 0 saturated heterocycles. The van der Waals surface area contributed by atoms with Gasteiger partial charge in [-0.1, -0.05) is 25.0 Å². The number of aryl methyl sites for hydroxylation is 2. The lowest BCUT2D eigenvalue weighted by Gasteiger charge is -2.13. The second kappa shape index (κ2) is 11.6. The number of aliphatic imine (C=N–C) groups is 1. The van der Waals surface area contributed by atoms with E-state index < -0.39 is 0 Å². The lowest BCUT2D eigenvalue weighted by molar-refractivity contribution is -0.121. The van der Waals surface area contributed by atoms with Gasteiger partial charge < -0.3 is 20.5 Å². The second-order valence-corrected chi connectivity index (χ2v) is 8.04. The van der Waals surface area contributed by atoms with Crippen molar-refractivity contribution in [1.29, 1.82) is 0 Å². The highest BCUT2D eigenvalue weighted by Crippen LogP contribution is 2.27. The smallest absolute Gasteiger partial charge is 0.220 e.